The van der Waals surface area contributed by atoms with Gasteiger partial charge in [0.2, 0.25) is 0 Å². The van der Waals surface area contributed by atoms with Crippen molar-refractivity contribution in [2.75, 3.05) is 25.5 Å². The predicted octanol–water partition coefficient (Wildman–Crippen LogP) is 1.42. The van der Waals surface area contributed by atoms with Crippen LogP contribution >= 0.6 is 11.8 Å². The van der Waals surface area contributed by atoms with Crippen LogP contribution in [0.3, 0.4) is 0 Å². The minimum Gasteiger partial charge on any atom is -0.465 e. The number of nitrogens with one attached hydrogen (secondary N) is 1. The molecule has 17 heavy (non-hydrogen) atoms. The standard InChI is InChI=1S/C12H25NO3S/c1-4-13-11(12(15)16-5-2)7-9-17-10(3)6-8-14/h10-11,13-14H,4-9H2,1-3H3. The van der Waals surface area contributed by atoms with Crippen molar-refractivity contribution in [3.8, 4) is 0 Å². The van der Waals surface area contributed by atoms with Crippen LogP contribution in [0.4, 0.5) is 0 Å². The molecular weight excluding hydrogens is 238 g/mol. The number of carbonyl (C=O) groups is 1. The smallest absolute Gasteiger partial charge is 0.323 e. The lowest BCUT2D eigenvalue weighted by Crippen LogP contribution is -2.38. The summed E-state index contributed by atoms with van der Waals surface area (Å²) in [5, 5.41) is 12.4. The fourth-order valence-electron chi connectivity index (χ4n) is 1.44. The molecule has 0 aromatic rings. The van der Waals surface area contributed by atoms with Gasteiger partial charge >= 0.3 is 5.97 Å². The third kappa shape index (κ3) is 8.46. The van der Waals surface area contributed by atoms with Crippen molar-refractivity contribution in [2.45, 2.75) is 44.9 Å². The van der Waals surface area contributed by atoms with Crippen molar-refractivity contribution in [1.82, 2.24) is 5.32 Å². The zero-order valence-electron chi connectivity index (χ0n) is 11.1. The molecule has 4 nitrogen and oxygen atoms in total. The van der Waals surface area contributed by atoms with E-state index < -0.39 is 0 Å². The molecule has 0 fully saturated rings. The van der Waals surface area contributed by atoms with Crippen LogP contribution in [0.1, 0.15) is 33.6 Å². The molecule has 0 aliphatic rings. The molecule has 0 aromatic carbocycles. The van der Waals surface area contributed by atoms with Gasteiger partial charge in [-0.3, -0.25) is 4.79 Å². The van der Waals surface area contributed by atoms with Crippen molar-refractivity contribution < 1.29 is 14.6 Å². The zero-order valence-corrected chi connectivity index (χ0v) is 11.9. The van der Waals surface area contributed by atoms with E-state index in [1.165, 1.54) is 0 Å². The molecule has 0 heterocycles. The highest BCUT2D eigenvalue weighted by Gasteiger charge is 2.18. The van der Waals surface area contributed by atoms with Gasteiger partial charge in [0.1, 0.15) is 6.04 Å². The molecule has 102 valence electrons. The molecule has 2 N–H and O–H groups in total. The average molecular weight is 263 g/mol. The zero-order chi connectivity index (χ0) is 13.1. The molecule has 2 unspecified atom stereocenters. The molecule has 0 aromatic heterocycles. The highest BCUT2D eigenvalue weighted by Crippen LogP contribution is 2.15. The second-order valence-corrected chi connectivity index (χ2v) is 5.39. The van der Waals surface area contributed by atoms with E-state index in [9.17, 15) is 4.79 Å². The van der Waals surface area contributed by atoms with Gasteiger partial charge in [0.05, 0.1) is 6.61 Å². The van der Waals surface area contributed by atoms with Gasteiger partial charge in [0.25, 0.3) is 0 Å². The van der Waals surface area contributed by atoms with Gasteiger partial charge in [0.15, 0.2) is 0 Å². The highest BCUT2D eigenvalue weighted by molar-refractivity contribution is 7.99. The van der Waals surface area contributed by atoms with Gasteiger partial charge in [-0.2, -0.15) is 11.8 Å². The third-order valence-corrected chi connectivity index (χ3v) is 3.64. The lowest BCUT2D eigenvalue weighted by molar-refractivity contribution is -0.145. The van der Waals surface area contributed by atoms with Crippen LogP contribution in [0.5, 0.6) is 0 Å². The molecule has 0 rings (SSSR count). The Hall–Kier alpha value is -0.260. The minimum atomic E-state index is -0.200. The third-order valence-electron chi connectivity index (χ3n) is 2.37. The lowest BCUT2D eigenvalue weighted by atomic mass is 10.2. The summed E-state index contributed by atoms with van der Waals surface area (Å²) in [6, 6.07) is -0.200. The number of likely N-dealkylation sites (N-methyl/N-ethyl adjacent to an activating group) is 1. The van der Waals surface area contributed by atoms with Crippen molar-refractivity contribution >= 4 is 17.7 Å². The summed E-state index contributed by atoms with van der Waals surface area (Å²) >= 11 is 1.78. The van der Waals surface area contributed by atoms with Gasteiger partial charge in [-0.15, -0.1) is 0 Å². The largest absolute Gasteiger partial charge is 0.465 e. The van der Waals surface area contributed by atoms with Crippen LogP contribution in [0.2, 0.25) is 0 Å². The fourth-order valence-corrected chi connectivity index (χ4v) is 2.49. The van der Waals surface area contributed by atoms with E-state index >= 15 is 0 Å². The summed E-state index contributed by atoms with van der Waals surface area (Å²) in [6.07, 6.45) is 1.57. The number of carbonyl (C=O) groups excluding carboxylic acids is 1. The van der Waals surface area contributed by atoms with Crippen LogP contribution in [0.15, 0.2) is 0 Å². The highest BCUT2D eigenvalue weighted by atomic mass is 32.2. The molecule has 0 aliphatic heterocycles. The summed E-state index contributed by atoms with van der Waals surface area (Å²) in [5.41, 5.74) is 0. The number of hydrogen-bond acceptors (Lipinski definition) is 5. The number of rotatable bonds is 10. The van der Waals surface area contributed by atoms with Crippen LogP contribution in [-0.4, -0.2) is 47.9 Å². The molecule has 5 heteroatoms. The van der Waals surface area contributed by atoms with Crippen molar-refractivity contribution in [3.05, 3.63) is 0 Å². The monoisotopic (exact) mass is 263 g/mol. The van der Waals surface area contributed by atoms with Crippen molar-refractivity contribution in [1.29, 1.82) is 0 Å². The quantitative estimate of drug-likeness (QED) is 0.584. The number of hydrogen-bond donors (Lipinski definition) is 2. The molecule has 0 spiro atoms. The molecule has 0 aliphatic carbocycles. The fraction of sp³-hybridized carbons (Fsp3) is 0.917. The first-order chi connectivity index (χ1) is 8.15. The number of esters is 1. The van der Waals surface area contributed by atoms with Crippen LogP contribution in [0, 0.1) is 0 Å². The number of ether oxygens (including phenoxy) is 1. The summed E-state index contributed by atoms with van der Waals surface area (Å²) in [6.45, 7) is 7.30. The maximum atomic E-state index is 11.6. The topological polar surface area (TPSA) is 58.6 Å². The van der Waals surface area contributed by atoms with Crippen LogP contribution < -0.4 is 5.32 Å². The van der Waals surface area contributed by atoms with E-state index in [2.05, 4.69) is 12.2 Å². The second-order valence-electron chi connectivity index (χ2n) is 3.84. The molecule has 2 atom stereocenters. The average Bonchev–Trinajstić information content (AvgIpc) is 2.28. The first kappa shape index (κ1) is 16.7. The summed E-state index contributed by atoms with van der Waals surface area (Å²) in [5.74, 6) is 0.738. The minimum absolute atomic E-state index is 0.162. The molecule has 0 radical (unpaired) electrons. The molecule has 0 saturated carbocycles. The van der Waals surface area contributed by atoms with E-state index in [4.69, 9.17) is 9.84 Å². The first-order valence-corrected chi connectivity index (χ1v) is 7.33. The molecular formula is C12H25NO3S. The Morgan fingerprint density at radius 3 is 2.65 bits per heavy atom. The Balaban J connectivity index is 3.87. The van der Waals surface area contributed by atoms with E-state index in [1.54, 1.807) is 11.8 Å². The van der Waals surface area contributed by atoms with Gasteiger partial charge in [-0.05, 0) is 32.1 Å². The Bertz CT molecular complexity index is 202. The maximum absolute atomic E-state index is 11.6. The SMILES string of the molecule is CCNC(CCSC(C)CCO)C(=O)OCC. The molecule has 0 bridgehead atoms. The normalized spacial score (nSPS) is 14.4. The Kier molecular flexibility index (Phi) is 10.7. The number of thioether (sulfide) groups is 1. The Labute approximate surface area is 108 Å². The maximum Gasteiger partial charge on any atom is 0.323 e. The van der Waals surface area contributed by atoms with E-state index in [1.807, 2.05) is 13.8 Å². The molecule has 0 saturated heterocycles. The Morgan fingerprint density at radius 2 is 2.12 bits per heavy atom. The van der Waals surface area contributed by atoms with Crippen LogP contribution in [-0.2, 0) is 9.53 Å². The lowest BCUT2D eigenvalue weighted by Gasteiger charge is -2.17. The van der Waals surface area contributed by atoms with Gasteiger partial charge in [0, 0.05) is 11.9 Å². The van der Waals surface area contributed by atoms with Crippen molar-refractivity contribution in [2.24, 2.45) is 0 Å². The Morgan fingerprint density at radius 1 is 1.41 bits per heavy atom. The van der Waals surface area contributed by atoms with Gasteiger partial charge in [-0.1, -0.05) is 13.8 Å². The second kappa shape index (κ2) is 10.9. The van der Waals surface area contributed by atoms with Crippen LogP contribution in [0.25, 0.3) is 0 Å². The predicted molar refractivity (Wildman–Crippen MR) is 72.3 cm³/mol. The van der Waals surface area contributed by atoms with E-state index in [0.29, 0.717) is 11.9 Å². The number of aliphatic hydroxyl groups is 1. The summed E-state index contributed by atoms with van der Waals surface area (Å²) < 4.78 is 5.01. The molecule has 0 amide bonds. The first-order valence-electron chi connectivity index (χ1n) is 6.28. The van der Waals surface area contributed by atoms with E-state index in [0.717, 1.165) is 25.1 Å². The van der Waals surface area contributed by atoms with Gasteiger partial charge in [-0.25, -0.2) is 0 Å². The van der Waals surface area contributed by atoms with Gasteiger partial charge < -0.3 is 15.2 Å². The summed E-state index contributed by atoms with van der Waals surface area (Å²) in [7, 11) is 0. The number of aliphatic hydroxyl groups excluding tert-OH is 1. The van der Waals surface area contributed by atoms with Crippen molar-refractivity contribution in [3.63, 3.8) is 0 Å². The van der Waals surface area contributed by atoms with E-state index in [-0.39, 0.29) is 18.6 Å². The summed E-state index contributed by atoms with van der Waals surface area (Å²) in [4.78, 5) is 11.6.